The Bertz CT molecular complexity index is 2530. The molecule has 5 N–H and O–H groups in total. The first kappa shape index (κ1) is 31.1. The fraction of sp³-hybridized carbons (Fsp3) is 0. The molecule has 8 rings (SSSR count). The molecule has 8 nitrogen and oxygen atoms in total. The summed E-state index contributed by atoms with van der Waals surface area (Å²) in [6.07, 6.45) is 3.56. The minimum Gasteiger partial charge on any atom is -0.504 e. The van der Waals surface area contributed by atoms with Crippen LogP contribution in [-0.4, -0.2) is 40.5 Å². The van der Waals surface area contributed by atoms with Gasteiger partial charge in [0, 0.05) is 29.1 Å². The highest BCUT2D eigenvalue weighted by atomic mass is 16.4. The third-order valence-electron chi connectivity index (χ3n) is 8.97. The van der Waals surface area contributed by atoms with Crippen LogP contribution in [0.1, 0.15) is 0 Å². The maximum Gasteiger partial charge on any atom is 0.208 e. The molecule has 2 aromatic heterocycles. The standard InChI is InChI=1S/C43H29N3O5/c47-38-37(39(48)41(50)42(51)40(38)49)30-16-14-29(15-17-30)36-23-35(28-12-7-27(8-13-28)34-6-3-21-44-24-34)45-43(46-36)31-18-9-26(10-19-31)33-20-11-25-4-1-2-5-32(25)22-33/h1-24,47-51H. The number of phenolic OH excluding ortho intramolecular Hbond substituents is 5. The second-order valence-electron chi connectivity index (χ2n) is 12.1. The van der Waals surface area contributed by atoms with Gasteiger partial charge in [-0.1, -0.05) is 115 Å². The molecule has 0 fully saturated rings. The molecule has 0 amide bonds. The lowest BCUT2D eigenvalue weighted by molar-refractivity contribution is 0.330. The van der Waals surface area contributed by atoms with Crippen LogP contribution in [0, 0.1) is 0 Å². The predicted molar refractivity (Wildman–Crippen MR) is 198 cm³/mol. The second-order valence-corrected chi connectivity index (χ2v) is 12.1. The molecule has 0 aliphatic heterocycles. The Morgan fingerprint density at radius 3 is 1.43 bits per heavy atom. The highest BCUT2D eigenvalue weighted by Crippen LogP contribution is 2.54. The molecule has 8 aromatic rings. The van der Waals surface area contributed by atoms with Crippen molar-refractivity contribution in [3.05, 3.63) is 146 Å². The molecule has 0 atom stereocenters. The molecule has 51 heavy (non-hydrogen) atoms. The van der Waals surface area contributed by atoms with Crippen molar-refractivity contribution in [3.63, 3.8) is 0 Å². The van der Waals surface area contributed by atoms with Gasteiger partial charge in [-0.2, -0.15) is 0 Å². The lowest BCUT2D eigenvalue weighted by Gasteiger charge is -2.13. The number of nitrogens with zero attached hydrogens (tertiary/aromatic N) is 3. The first-order valence-corrected chi connectivity index (χ1v) is 16.1. The van der Waals surface area contributed by atoms with Crippen molar-refractivity contribution in [1.82, 2.24) is 15.0 Å². The zero-order chi connectivity index (χ0) is 35.1. The summed E-state index contributed by atoms with van der Waals surface area (Å²) < 4.78 is 0. The minimum absolute atomic E-state index is 0.223. The van der Waals surface area contributed by atoms with Gasteiger partial charge >= 0.3 is 0 Å². The van der Waals surface area contributed by atoms with E-state index < -0.39 is 28.7 Å². The van der Waals surface area contributed by atoms with Gasteiger partial charge in [0.1, 0.15) is 0 Å². The first-order valence-electron chi connectivity index (χ1n) is 16.1. The first-order chi connectivity index (χ1) is 24.8. The topological polar surface area (TPSA) is 140 Å². The van der Waals surface area contributed by atoms with Crippen molar-refractivity contribution >= 4 is 10.8 Å². The number of phenols is 5. The van der Waals surface area contributed by atoms with Crippen molar-refractivity contribution in [2.45, 2.75) is 0 Å². The molecule has 0 aliphatic rings. The molecule has 2 heterocycles. The van der Waals surface area contributed by atoms with Crippen LogP contribution in [0.5, 0.6) is 28.7 Å². The van der Waals surface area contributed by atoms with E-state index in [1.807, 2.05) is 72.9 Å². The van der Waals surface area contributed by atoms with Gasteiger partial charge in [0.05, 0.1) is 17.0 Å². The van der Waals surface area contributed by atoms with Crippen molar-refractivity contribution in [3.8, 4) is 96.0 Å². The van der Waals surface area contributed by atoms with Gasteiger partial charge in [-0.15, -0.1) is 0 Å². The molecule has 0 saturated heterocycles. The summed E-state index contributed by atoms with van der Waals surface area (Å²) in [6, 6.07) is 43.5. The summed E-state index contributed by atoms with van der Waals surface area (Å²) in [5.41, 5.74) is 8.05. The quantitative estimate of drug-likeness (QED) is 0.0873. The van der Waals surface area contributed by atoms with Gasteiger partial charge in [0.2, 0.25) is 17.2 Å². The number of fused-ring (bicyclic) bond motifs is 1. The third kappa shape index (κ3) is 5.81. The van der Waals surface area contributed by atoms with Crippen molar-refractivity contribution in [1.29, 1.82) is 0 Å². The van der Waals surface area contributed by atoms with Crippen molar-refractivity contribution < 1.29 is 25.5 Å². The van der Waals surface area contributed by atoms with Crippen LogP contribution < -0.4 is 0 Å². The van der Waals surface area contributed by atoms with Gasteiger partial charge in [0.25, 0.3) is 0 Å². The Balaban J connectivity index is 1.19. The van der Waals surface area contributed by atoms with Crippen LogP contribution >= 0.6 is 0 Å². The summed E-state index contributed by atoms with van der Waals surface area (Å²) in [4.78, 5) is 14.2. The average molecular weight is 668 g/mol. The number of rotatable bonds is 6. The molecule has 0 saturated carbocycles. The molecule has 6 aromatic carbocycles. The van der Waals surface area contributed by atoms with Gasteiger partial charge in [-0.05, 0) is 56.8 Å². The largest absolute Gasteiger partial charge is 0.504 e. The van der Waals surface area contributed by atoms with Crippen molar-refractivity contribution in [2.24, 2.45) is 0 Å². The van der Waals surface area contributed by atoms with Gasteiger partial charge in [-0.25, -0.2) is 9.97 Å². The van der Waals surface area contributed by atoms with Gasteiger partial charge in [-0.3, -0.25) is 4.98 Å². The molecule has 0 unspecified atom stereocenters. The van der Waals surface area contributed by atoms with Gasteiger partial charge < -0.3 is 25.5 Å². The van der Waals surface area contributed by atoms with E-state index in [0.29, 0.717) is 22.8 Å². The summed E-state index contributed by atoms with van der Waals surface area (Å²) in [5, 5.41) is 53.3. The highest BCUT2D eigenvalue weighted by molar-refractivity contribution is 5.88. The molecule has 0 radical (unpaired) electrons. The van der Waals surface area contributed by atoms with Crippen LogP contribution in [0.25, 0.3) is 78.1 Å². The maximum absolute atomic E-state index is 10.5. The Labute approximate surface area is 292 Å². The Morgan fingerprint density at radius 1 is 0.353 bits per heavy atom. The SMILES string of the molecule is Oc1c(O)c(O)c(-c2ccc(-c3cc(-c4ccc(-c5cccnc5)cc4)nc(-c4ccc(-c5ccc6ccccc6c5)cc4)n3)cc2)c(O)c1O. The molecule has 0 spiro atoms. The Morgan fingerprint density at radius 2 is 0.843 bits per heavy atom. The summed E-state index contributed by atoms with van der Waals surface area (Å²) in [6.45, 7) is 0. The normalized spacial score (nSPS) is 11.1. The predicted octanol–water partition coefficient (Wildman–Crippen LogP) is 9.55. The smallest absolute Gasteiger partial charge is 0.208 e. The van der Waals surface area contributed by atoms with E-state index in [-0.39, 0.29) is 5.56 Å². The monoisotopic (exact) mass is 667 g/mol. The van der Waals surface area contributed by atoms with E-state index in [1.165, 1.54) is 10.8 Å². The van der Waals surface area contributed by atoms with Crippen LogP contribution in [0.3, 0.4) is 0 Å². The van der Waals surface area contributed by atoms with Crippen LogP contribution in [-0.2, 0) is 0 Å². The zero-order valence-electron chi connectivity index (χ0n) is 26.9. The Hall–Kier alpha value is -7.19. The number of hydrogen-bond donors (Lipinski definition) is 5. The number of aromatic hydroxyl groups is 5. The third-order valence-corrected chi connectivity index (χ3v) is 8.97. The lowest BCUT2D eigenvalue weighted by Crippen LogP contribution is -1.96. The number of benzene rings is 6. The van der Waals surface area contributed by atoms with Crippen LogP contribution in [0.15, 0.2) is 146 Å². The van der Waals surface area contributed by atoms with E-state index in [0.717, 1.165) is 38.9 Å². The fourth-order valence-corrected chi connectivity index (χ4v) is 6.19. The van der Waals surface area contributed by atoms with E-state index in [9.17, 15) is 25.5 Å². The average Bonchev–Trinajstić information content (AvgIpc) is 3.20. The van der Waals surface area contributed by atoms with E-state index >= 15 is 0 Å². The highest BCUT2D eigenvalue weighted by Gasteiger charge is 2.24. The summed E-state index contributed by atoms with van der Waals surface area (Å²) >= 11 is 0. The molecule has 0 bridgehead atoms. The molecular weight excluding hydrogens is 638 g/mol. The molecular formula is C43H29N3O5. The van der Waals surface area contributed by atoms with Crippen LogP contribution in [0.4, 0.5) is 0 Å². The fourth-order valence-electron chi connectivity index (χ4n) is 6.19. The zero-order valence-corrected chi connectivity index (χ0v) is 26.9. The number of hydrogen-bond acceptors (Lipinski definition) is 8. The van der Waals surface area contributed by atoms with E-state index in [1.54, 1.807) is 30.5 Å². The number of pyridine rings is 1. The molecule has 0 aliphatic carbocycles. The number of aromatic nitrogens is 3. The minimum atomic E-state index is -1.01. The van der Waals surface area contributed by atoms with Crippen molar-refractivity contribution in [2.75, 3.05) is 0 Å². The second kappa shape index (κ2) is 12.7. The molecule has 246 valence electrons. The maximum atomic E-state index is 10.5. The lowest BCUT2D eigenvalue weighted by atomic mass is 9.98. The summed E-state index contributed by atoms with van der Waals surface area (Å²) in [5.74, 6) is -3.87. The van der Waals surface area contributed by atoms with E-state index in [2.05, 4.69) is 47.4 Å². The Kier molecular flexibility index (Phi) is 7.74. The van der Waals surface area contributed by atoms with Crippen LogP contribution in [0.2, 0.25) is 0 Å². The molecule has 8 heteroatoms. The summed E-state index contributed by atoms with van der Waals surface area (Å²) in [7, 11) is 0. The van der Waals surface area contributed by atoms with Gasteiger partial charge in [0.15, 0.2) is 17.3 Å². The van der Waals surface area contributed by atoms with E-state index in [4.69, 9.17) is 9.97 Å².